The molecular weight excluding hydrogens is 398 g/mol. The van der Waals surface area contributed by atoms with Crippen LogP contribution in [-0.2, 0) is 6.54 Å². The minimum Gasteiger partial charge on any atom is -0.454 e. The highest BCUT2D eigenvalue weighted by atomic mass is 79.9. The third-order valence-electron chi connectivity index (χ3n) is 3.49. The van der Waals surface area contributed by atoms with E-state index in [1.165, 1.54) is 16.8 Å². The highest BCUT2D eigenvalue weighted by Crippen LogP contribution is 2.37. The van der Waals surface area contributed by atoms with E-state index in [0.717, 1.165) is 32.6 Å². The Hall–Kier alpha value is -1.20. The molecule has 1 aliphatic heterocycles. The molecule has 0 atom stereocenters. The Morgan fingerprint density at radius 3 is 2.29 bits per heavy atom. The van der Waals surface area contributed by atoms with Gasteiger partial charge in [0.15, 0.2) is 11.5 Å². The first-order chi connectivity index (χ1) is 10.0. The first kappa shape index (κ1) is 14.7. The van der Waals surface area contributed by atoms with Crippen molar-refractivity contribution in [3.8, 4) is 11.5 Å². The number of anilines is 1. The van der Waals surface area contributed by atoms with Gasteiger partial charge in [0.2, 0.25) is 6.79 Å². The number of halogens is 2. The second-order valence-corrected chi connectivity index (χ2v) is 6.84. The molecule has 0 saturated heterocycles. The lowest BCUT2D eigenvalue weighted by Crippen LogP contribution is -2.03. The van der Waals surface area contributed by atoms with Gasteiger partial charge in [-0.15, -0.1) is 0 Å². The summed E-state index contributed by atoms with van der Waals surface area (Å²) in [6.07, 6.45) is 0. The number of benzene rings is 2. The topological polar surface area (TPSA) is 30.5 Å². The number of hydrogen-bond donors (Lipinski definition) is 1. The molecule has 2 aromatic rings. The first-order valence-corrected chi connectivity index (χ1v) is 8.22. The molecule has 3 nitrogen and oxygen atoms in total. The van der Waals surface area contributed by atoms with Crippen LogP contribution in [0.15, 0.2) is 33.2 Å². The van der Waals surface area contributed by atoms with Gasteiger partial charge in [-0.1, -0.05) is 31.9 Å². The zero-order chi connectivity index (χ0) is 15.0. The first-order valence-electron chi connectivity index (χ1n) is 6.63. The second-order valence-electron chi connectivity index (χ2n) is 5.07. The van der Waals surface area contributed by atoms with Gasteiger partial charge in [-0.2, -0.15) is 0 Å². The lowest BCUT2D eigenvalue weighted by molar-refractivity contribution is 0.174. The summed E-state index contributed by atoms with van der Waals surface area (Å²) < 4.78 is 12.9. The number of nitrogens with one attached hydrogen (secondary N) is 1. The Morgan fingerprint density at radius 1 is 1.00 bits per heavy atom. The van der Waals surface area contributed by atoms with Crippen molar-refractivity contribution in [3.05, 3.63) is 49.9 Å². The molecule has 0 fully saturated rings. The molecule has 5 heteroatoms. The Bertz CT molecular complexity index is 678. The van der Waals surface area contributed by atoms with E-state index in [1.807, 2.05) is 12.1 Å². The quantitative estimate of drug-likeness (QED) is 0.754. The summed E-state index contributed by atoms with van der Waals surface area (Å²) in [7, 11) is 0. The maximum Gasteiger partial charge on any atom is 0.231 e. The van der Waals surface area contributed by atoms with Gasteiger partial charge in [0, 0.05) is 21.2 Å². The number of fused-ring (bicyclic) bond motifs is 1. The predicted octanol–water partition coefficient (Wildman–Crippen LogP) is 5.17. The van der Waals surface area contributed by atoms with E-state index in [1.54, 1.807) is 0 Å². The van der Waals surface area contributed by atoms with Gasteiger partial charge in [-0.3, -0.25) is 0 Å². The van der Waals surface area contributed by atoms with Crippen molar-refractivity contribution in [3.63, 3.8) is 0 Å². The Labute approximate surface area is 140 Å². The normalized spacial score (nSPS) is 12.6. The Balaban J connectivity index is 1.83. The van der Waals surface area contributed by atoms with Crippen molar-refractivity contribution in [2.45, 2.75) is 20.4 Å². The van der Waals surface area contributed by atoms with E-state index in [2.05, 4.69) is 63.2 Å². The van der Waals surface area contributed by atoms with Gasteiger partial charge in [-0.05, 0) is 54.8 Å². The maximum atomic E-state index is 5.43. The smallest absolute Gasteiger partial charge is 0.231 e. The van der Waals surface area contributed by atoms with Crippen LogP contribution in [0, 0.1) is 13.8 Å². The maximum absolute atomic E-state index is 5.43. The fraction of sp³-hybridized carbons (Fsp3) is 0.250. The molecule has 1 aliphatic rings. The minimum atomic E-state index is 0.295. The summed E-state index contributed by atoms with van der Waals surface area (Å²) in [6.45, 7) is 5.23. The molecular formula is C16H15Br2NO2. The molecule has 0 amide bonds. The van der Waals surface area contributed by atoms with E-state index < -0.39 is 0 Å². The second kappa shape index (κ2) is 5.89. The predicted molar refractivity (Wildman–Crippen MR) is 91.2 cm³/mol. The highest BCUT2D eigenvalue weighted by Gasteiger charge is 2.16. The number of aryl methyl sites for hydroxylation is 2. The molecule has 0 bridgehead atoms. The number of rotatable bonds is 3. The third-order valence-corrected chi connectivity index (χ3v) is 4.69. The lowest BCUT2D eigenvalue weighted by Gasteiger charge is -2.14. The van der Waals surface area contributed by atoms with Crippen LogP contribution >= 0.6 is 31.9 Å². The Kier molecular flexibility index (Phi) is 4.13. The third kappa shape index (κ3) is 3.04. The van der Waals surface area contributed by atoms with Gasteiger partial charge in [0.05, 0.1) is 0 Å². The van der Waals surface area contributed by atoms with Crippen LogP contribution in [0.5, 0.6) is 11.5 Å². The molecule has 0 unspecified atom stereocenters. The summed E-state index contributed by atoms with van der Waals surface area (Å²) in [5, 5.41) is 3.51. The minimum absolute atomic E-state index is 0.295. The van der Waals surface area contributed by atoms with Crippen LogP contribution in [0.25, 0.3) is 0 Å². The SMILES string of the molecule is Cc1cc(Br)cc(C)c1NCc1cc2c(cc1Br)OCO2. The van der Waals surface area contributed by atoms with Gasteiger partial charge in [0.1, 0.15) is 0 Å². The van der Waals surface area contributed by atoms with Gasteiger partial charge in [-0.25, -0.2) is 0 Å². The van der Waals surface area contributed by atoms with Crippen LogP contribution < -0.4 is 14.8 Å². The zero-order valence-corrected chi connectivity index (χ0v) is 15.0. The van der Waals surface area contributed by atoms with E-state index in [9.17, 15) is 0 Å². The van der Waals surface area contributed by atoms with Crippen molar-refractivity contribution in [1.82, 2.24) is 0 Å². The van der Waals surface area contributed by atoms with Gasteiger partial charge >= 0.3 is 0 Å². The molecule has 0 aromatic heterocycles. The van der Waals surface area contributed by atoms with Crippen LogP contribution in [0.3, 0.4) is 0 Å². The van der Waals surface area contributed by atoms with Crippen molar-refractivity contribution in [2.75, 3.05) is 12.1 Å². The van der Waals surface area contributed by atoms with Crippen LogP contribution in [0.1, 0.15) is 16.7 Å². The molecule has 1 N–H and O–H groups in total. The Morgan fingerprint density at radius 2 is 1.62 bits per heavy atom. The highest BCUT2D eigenvalue weighted by molar-refractivity contribution is 9.10. The molecule has 0 spiro atoms. The van der Waals surface area contributed by atoms with Crippen molar-refractivity contribution < 1.29 is 9.47 Å². The summed E-state index contributed by atoms with van der Waals surface area (Å²) in [4.78, 5) is 0. The molecule has 3 rings (SSSR count). The molecule has 0 aliphatic carbocycles. The summed E-state index contributed by atoms with van der Waals surface area (Å²) in [6, 6.07) is 8.21. The average molecular weight is 413 g/mol. The molecule has 0 saturated carbocycles. The van der Waals surface area contributed by atoms with Crippen molar-refractivity contribution in [1.29, 1.82) is 0 Å². The largest absolute Gasteiger partial charge is 0.454 e. The van der Waals surface area contributed by atoms with Crippen LogP contribution in [0.4, 0.5) is 5.69 Å². The molecule has 2 aromatic carbocycles. The standard InChI is InChI=1S/C16H15Br2NO2/c1-9-3-12(17)4-10(2)16(9)19-7-11-5-14-15(6-13(11)18)21-8-20-14/h3-6,19H,7-8H2,1-2H3. The van der Waals surface area contributed by atoms with E-state index in [0.29, 0.717) is 6.79 Å². The molecule has 110 valence electrons. The van der Waals surface area contributed by atoms with Crippen LogP contribution in [0.2, 0.25) is 0 Å². The fourth-order valence-corrected chi connectivity index (χ4v) is 3.62. The van der Waals surface area contributed by atoms with Gasteiger partial charge in [0.25, 0.3) is 0 Å². The summed E-state index contributed by atoms with van der Waals surface area (Å²) in [5.41, 5.74) is 4.75. The molecule has 21 heavy (non-hydrogen) atoms. The summed E-state index contributed by atoms with van der Waals surface area (Å²) >= 11 is 7.11. The fourth-order valence-electron chi connectivity index (χ4n) is 2.47. The summed E-state index contributed by atoms with van der Waals surface area (Å²) in [5.74, 6) is 1.60. The monoisotopic (exact) mass is 411 g/mol. The molecule has 1 heterocycles. The van der Waals surface area contributed by atoms with Crippen molar-refractivity contribution >= 4 is 37.5 Å². The van der Waals surface area contributed by atoms with E-state index in [-0.39, 0.29) is 0 Å². The van der Waals surface area contributed by atoms with Gasteiger partial charge < -0.3 is 14.8 Å². The molecule has 0 radical (unpaired) electrons. The average Bonchev–Trinajstić information content (AvgIpc) is 2.84. The zero-order valence-electron chi connectivity index (χ0n) is 11.8. The van der Waals surface area contributed by atoms with E-state index >= 15 is 0 Å². The lowest BCUT2D eigenvalue weighted by atomic mass is 10.1. The van der Waals surface area contributed by atoms with E-state index in [4.69, 9.17) is 9.47 Å². The van der Waals surface area contributed by atoms with Crippen LogP contribution in [-0.4, -0.2) is 6.79 Å². The number of hydrogen-bond acceptors (Lipinski definition) is 3. The van der Waals surface area contributed by atoms with Crippen molar-refractivity contribution in [2.24, 2.45) is 0 Å². The number of ether oxygens (including phenoxy) is 2.